The molecule has 0 saturated heterocycles. The third-order valence-corrected chi connectivity index (χ3v) is 4.17. The number of amides is 1. The second kappa shape index (κ2) is 8.49. The Hall–Kier alpha value is -3.15. The van der Waals surface area contributed by atoms with Crippen molar-refractivity contribution in [1.82, 2.24) is 20.1 Å². The van der Waals surface area contributed by atoms with Crippen LogP contribution in [0, 0.1) is 0 Å². The molecule has 1 aromatic heterocycles. The Morgan fingerprint density at radius 2 is 1.81 bits per heavy atom. The van der Waals surface area contributed by atoms with Crippen LogP contribution in [0.5, 0.6) is 11.5 Å². The van der Waals surface area contributed by atoms with Crippen molar-refractivity contribution in [3.8, 4) is 11.5 Å². The van der Waals surface area contributed by atoms with Gasteiger partial charge in [0.15, 0.2) is 5.82 Å². The summed E-state index contributed by atoms with van der Waals surface area (Å²) in [7, 11) is 1.82. The van der Waals surface area contributed by atoms with Gasteiger partial charge in [-0.1, -0.05) is 44.2 Å². The first kappa shape index (κ1) is 18.6. The minimum absolute atomic E-state index is 0.177. The van der Waals surface area contributed by atoms with Crippen LogP contribution in [0.2, 0.25) is 0 Å². The maximum atomic E-state index is 12.6. The van der Waals surface area contributed by atoms with Crippen molar-refractivity contribution < 1.29 is 9.53 Å². The third-order valence-electron chi connectivity index (χ3n) is 4.17. The van der Waals surface area contributed by atoms with E-state index in [1.807, 2.05) is 49.5 Å². The lowest BCUT2D eigenvalue weighted by atomic mass is 10.0. The monoisotopic (exact) mass is 364 g/mol. The van der Waals surface area contributed by atoms with E-state index in [2.05, 4.69) is 29.2 Å². The second-order valence-corrected chi connectivity index (χ2v) is 6.63. The van der Waals surface area contributed by atoms with Crippen LogP contribution < -0.4 is 10.1 Å². The molecule has 0 unspecified atom stereocenters. The summed E-state index contributed by atoms with van der Waals surface area (Å²) in [5.74, 6) is 2.16. The van der Waals surface area contributed by atoms with Gasteiger partial charge in [0.2, 0.25) is 0 Å². The summed E-state index contributed by atoms with van der Waals surface area (Å²) in [5, 5.41) is 7.12. The second-order valence-electron chi connectivity index (χ2n) is 6.63. The normalized spacial score (nSPS) is 10.8. The van der Waals surface area contributed by atoms with Crippen molar-refractivity contribution in [3.05, 3.63) is 71.8 Å². The largest absolute Gasteiger partial charge is 0.456 e. The molecule has 27 heavy (non-hydrogen) atoms. The van der Waals surface area contributed by atoms with Crippen molar-refractivity contribution in [2.45, 2.75) is 26.2 Å². The lowest BCUT2D eigenvalue weighted by Gasteiger charge is -2.15. The van der Waals surface area contributed by atoms with Crippen LogP contribution >= 0.6 is 0 Å². The summed E-state index contributed by atoms with van der Waals surface area (Å²) in [6.45, 7) is 4.69. The number of carbonyl (C=O) groups is 1. The van der Waals surface area contributed by atoms with Crippen LogP contribution in [-0.2, 0) is 13.5 Å². The number of aromatic nitrogens is 3. The number of ether oxygens (including phenoxy) is 1. The highest BCUT2D eigenvalue weighted by molar-refractivity contribution is 5.97. The maximum absolute atomic E-state index is 12.6. The van der Waals surface area contributed by atoms with Crippen molar-refractivity contribution >= 4 is 5.91 Å². The van der Waals surface area contributed by atoms with Gasteiger partial charge in [0.05, 0.1) is 5.56 Å². The number of benzene rings is 2. The summed E-state index contributed by atoms with van der Waals surface area (Å²) in [6.07, 6.45) is 2.22. The van der Waals surface area contributed by atoms with Crippen LogP contribution in [0.1, 0.15) is 41.5 Å². The fraction of sp³-hybridized carbons (Fsp3) is 0.286. The molecule has 0 bridgehead atoms. The van der Waals surface area contributed by atoms with Crippen LogP contribution in [-0.4, -0.2) is 27.2 Å². The zero-order valence-electron chi connectivity index (χ0n) is 15.8. The summed E-state index contributed by atoms with van der Waals surface area (Å²) in [4.78, 5) is 16.8. The molecule has 0 aliphatic carbocycles. The highest BCUT2D eigenvalue weighted by Gasteiger charge is 2.15. The molecule has 2 aromatic carbocycles. The van der Waals surface area contributed by atoms with Crippen LogP contribution in [0.15, 0.2) is 54.9 Å². The zero-order chi connectivity index (χ0) is 19.2. The fourth-order valence-electron chi connectivity index (χ4n) is 2.79. The van der Waals surface area contributed by atoms with E-state index in [-0.39, 0.29) is 5.91 Å². The van der Waals surface area contributed by atoms with E-state index >= 15 is 0 Å². The first-order valence-electron chi connectivity index (χ1n) is 9.03. The summed E-state index contributed by atoms with van der Waals surface area (Å²) >= 11 is 0. The van der Waals surface area contributed by atoms with E-state index in [0.29, 0.717) is 36.0 Å². The Bertz CT molecular complexity index is 918. The summed E-state index contributed by atoms with van der Waals surface area (Å²) < 4.78 is 7.75. The number of para-hydroxylation sites is 2. The van der Waals surface area contributed by atoms with Gasteiger partial charge < -0.3 is 10.1 Å². The topological polar surface area (TPSA) is 69.0 Å². The molecule has 0 atom stereocenters. The fourth-order valence-corrected chi connectivity index (χ4v) is 2.79. The Labute approximate surface area is 159 Å². The van der Waals surface area contributed by atoms with Crippen molar-refractivity contribution in [3.63, 3.8) is 0 Å². The van der Waals surface area contributed by atoms with Gasteiger partial charge in [-0.05, 0) is 29.7 Å². The Kier molecular flexibility index (Phi) is 5.86. The molecule has 0 aliphatic heterocycles. The standard InChI is InChI=1S/C21H24N4O2/c1-15(2)16-8-4-6-10-18(16)27-19-11-7-5-9-17(19)21(26)22-13-12-20-23-14-25(3)24-20/h4-11,14-15H,12-13H2,1-3H3,(H,22,26). The van der Waals surface area contributed by atoms with Crippen molar-refractivity contribution in [2.24, 2.45) is 7.05 Å². The molecule has 0 radical (unpaired) electrons. The molecule has 1 heterocycles. The first-order chi connectivity index (χ1) is 13.0. The molecule has 140 valence electrons. The highest BCUT2D eigenvalue weighted by Crippen LogP contribution is 2.31. The smallest absolute Gasteiger partial charge is 0.255 e. The van der Waals surface area contributed by atoms with E-state index < -0.39 is 0 Å². The van der Waals surface area contributed by atoms with Gasteiger partial charge in [0.25, 0.3) is 5.91 Å². The third kappa shape index (κ3) is 4.73. The van der Waals surface area contributed by atoms with Crippen LogP contribution in [0.25, 0.3) is 0 Å². The van der Waals surface area contributed by atoms with Gasteiger partial charge in [-0.3, -0.25) is 9.48 Å². The molecule has 6 heteroatoms. The van der Waals surface area contributed by atoms with Crippen LogP contribution in [0.4, 0.5) is 0 Å². The highest BCUT2D eigenvalue weighted by atomic mass is 16.5. The van der Waals surface area contributed by atoms with Gasteiger partial charge in [-0.2, -0.15) is 5.10 Å². The summed E-state index contributed by atoms with van der Waals surface area (Å²) in [6, 6.07) is 15.2. The molecular formula is C21H24N4O2. The quantitative estimate of drug-likeness (QED) is 0.694. The average molecular weight is 364 g/mol. The number of nitrogens with zero attached hydrogens (tertiary/aromatic N) is 3. The predicted octanol–water partition coefficient (Wildman–Crippen LogP) is 3.70. The molecule has 3 rings (SSSR count). The minimum Gasteiger partial charge on any atom is -0.456 e. The molecule has 1 N–H and O–H groups in total. The number of rotatable bonds is 7. The van der Waals surface area contributed by atoms with Gasteiger partial charge in [-0.25, -0.2) is 4.98 Å². The Balaban J connectivity index is 1.71. The maximum Gasteiger partial charge on any atom is 0.255 e. The number of nitrogens with one attached hydrogen (secondary N) is 1. The minimum atomic E-state index is -0.177. The van der Waals surface area contributed by atoms with E-state index in [1.54, 1.807) is 17.1 Å². The Morgan fingerprint density at radius 3 is 2.52 bits per heavy atom. The van der Waals surface area contributed by atoms with E-state index in [4.69, 9.17) is 4.74 Å². The summed E-state index contributed by atoms with van der Waals surface area (Å²) in [5.41, 5.74) is 1.61. The van der Waals surface area contributed by atoms with E-state index in [0.717, 1.165) is 11.3 Å². The van der Waals surface area contributed by atoms with Gasteiger partial charge >= 0.3 is 0 Å². The average Bonchev–Trinajstić information content (AvgIpc) is 3.07. The molecule has 0 aliphatic rings. The number of carbonyl (C=O) groups excluding carboxylic acids is 1. The molecule has 0 saturated carbocycles. The molecule has 3 aromatic rings. The zero-order valence-corrected chi connectivity index (χ0v) is 15.8. The first-order valence-corrected chi connectivity index (χ1v) is 9.03. The van der Waals surface area contributed by atoms with E-state index in [1.165, 1.54) is 0 Å². The number of aryl methyl sites for hydroxylation is 1. The molecule has 6 nitrogen and oxygen atoms in total. The van der Waals surface area contributed by atoms with Crippen molar-refractivity contribution in [2.75, 3.05) is 6.54 Å². The van der Waals surface area contributed by atoms with Gasteiger partial charge in [0, 0.05) is 20.0 Å². The number of hydrogen-bond donors (Lipinski definition) is 1. The molecule has 0 fully saturated rings. The Morgan fingerprint density at radius 1 is 1.11 bits per heavy atom. The molecule has 0 spiro atoms. The van der Waals surface area contributed by atoms with Crippen LogP contribution in [0.3, 0.4) is 0 Å². The number of hydrogen-bond acceptors (Lipinski definition) is 4. The van der Waals surface area contributed by atoms with Gasteiger partial charge in [0.1, 0.15) is 17.8 Å². The van der Waals surface area contributed by atoms with E-state index in [9.17, 15) is 4.79 Å². The molecular weight excluding hydrogens is 340 g/mol. The predicted molar refractivity (Wildman–Crippen MR) is 104 cm³/mol. The lowest BCUT2D eigenvalue weighted by Crippen LogP contribution is -2.26. The SMILES string of the molecule is CC(C)c1ccccc1Oc1ccccc1C(=O)NCCc1ncn(C)n1. The van der Waals surface area contributed by atoms with Gasteiger partial charge in [-0.15, -0.1) is 0 Å². The molecule has 1 amide bonds. The van der Waals surface area contributed by atoms with Crippen molar-refractivity contribution in [1.29, 1.82) is 0 Å². The lowest BCUT2D eigenvalue weighted by molar-refractivity contribution is 0.0951.